The second kappa shape index (κ2) is 13.1. The van der Waals surface area contributed by atoms with Crippen molar-refractivity contribution in [2.45, 2.75) is 51.1 Å². The largest absolute Gasteiger partial charge is 0.490 e. The van der Waals surface area contributed by atoms with E-state index < -0.39 is 12.4 Å². The van der Waals surface area contributed by atoms with E-state index in [1.807, 2.05) is 36.1 Å². The normalized spacial score (nSPS) is 19.2. The minimum atomic E-state index is -2.42. The first-order chi connectivity index (χ1) is 17.9. The van der Waals surface area contributed by atoms with Crippen LogP contribution in [0, 0.1) is 0 Å². The van der Waals surface area contributed by atoms with Gasteiger partial charge >= 0.3 is 5.97 Å². The second-order valence-electron chi connectivity index (χ2n) is 9.41. The van der Waals surface area contributed by atoms with Crippen molar-refractivity contribution in [1.82, 2.24) is 9.88 Å². The molecule has 1 N–H and O–H groups in total. The van der Waals surface area contributed by atoms with Crippen molar-refractivity contribution in [3.05, 3.63) is 65.0 Å². The van der Waals surface area contributed by atoms with Gasteiger partial charge in [0.15, 0.2) is 0 Å². The lowest BCUT2D eigenvalue weighted by molar-refractivity contribution is -0.142. The van der Waals surface area contributed by atoms with Crippen molar-refractivity contribution in [3.63, 3.8) is 0 Å². The fraction of sp³-hybridized carbons (Fsp3) is 0.500. The van der Waals surface area contributed by atoms with Crippen LogP contribution in [0.2, 0.25) is 0 Å². The summed E-state index contributed by atoms with van der Waals surface area (Å²) in [5, 5.41) is 8.51. The summed E-state index contributed by atoms with van der Waals surface area (Å²) >= 11 is 0. The molecule has 4 rings (SSSR count). The molecule has 2 heterocycles. The standard InChI is InChI=1S/C28H34F2N2O5/c1-19-14-23-22-7-3-2-6-20(22)15-24(23)28(32(19)17-26(29)30)25-9-8-21(16-31-25)37-13-12-35-10-4-5-11-36-18-27(33)34/h2-3,6-9,16,19,26,28H,4-5,10-15,17-18H2,1H3,(H,33,34)/t19-,28+/m1/s1. The van der Waals surface area contributed by atoms with Crippen molar-refractivity contribution in [2.75, 3.05) is 39.6 Å². The van der Waals surface area contributed by atoms with Crippen molar-refractivity contribution in [1.29, 1.82) is 0 Å². The minimum Gasteiger partial charge on any atom is -0.490 e. The van der Waals surface area contributed by atoms with Gasteiger partial charge in [0.2, 0.25) is 0 Å². The number of hydrogen-bond acceptors (Lipinski definition) is 6. The lowest BCUT2D eigenvalue weighted by atomic mass is 9.87. The minimum absolute atomic E-state index is 0.0255. The highest BCUT2D eigenvalue weighted by Crippen LogP contribution is 2.48. The Hall–Kier alpha value is -2.88. The van der Waals surface area contributed by atoms with Gasteiger partial charge in [0.25, 0.3) is 6.43 Å². The Balaban J connectivity index is 1.32. The molecule has 7 nitrogen and oxygen atoms in total. The third kappa shape index (κ3) is 7.12. The average molecular weight is 517 g/mol. The van der Waals surface area contributed by atoms with Gasteiger partial charge in [-0.15, -0.1) is 0 Å². The van der Waals surface area contributed by atoms with E-state index in [0.717, 1.165) is 31.4 Å². The van der Waals surface area contributed by atoms with Crippen molar-refractivity contribution in [3.8, 4) is 5.75 Å². The number of pyridine rings is 1. The van der Waals surface area contributed by atoms with Gasteiger partial charge in [0, 0.05) is 19.3 Å². The average Bonchev–Trinajstić information content (AvgIpc) is 3.23. The van der Waals surface area contributed by atoms with Gasteiger partial charge < -0.3 is 19.3 Å². The monoisotopic (exact) mass is 516 g/mol. The Bertz CT molecular complexity index is 1080. The van der Waals surface area contributed by atoms with Gasteiger partial charge in [0.1, 0.15) is 19.0 Å². The van der Waals surface area contributed by atoms with Gasteiger partial charge in [-0.3, -0.25) is 9.88 Å². The number of aliphatic carboxylic acids is 1. The number of benzene rings is 1. The summed E-state index contributed by atoms with van der Waals surface area (Å²) in [5.74, 6) is -0.372. The summed E-state index contributed by atoms with van der Waals surface area (Å²) in [5.41, 5.74) is 5.67. The van der Waals surface area contributed by atoms with Crippen LogP contribution in [0.5, 0.6) is 5.75 Å². The van der Waals surface area contributed by atoms with E-state index in [1.165, 1.54) is 22.3 Å². The van der Waals surface area contributed by atoms with E-state index in [0.29, 0.717) is 32.2 Å². The first kappa shape index (κ1) is 27.2. The molecule has 0 unspecified atom stereocenters. The zero-order chi connectivity index (χ0) is 26.2. The Labute approximate surface area is 216 Å². The topological polar surface area (TPSA) is 81.1 Å². The maximum atomic E-state index is 13.5. The van der Waals surface area contributed by atoms with Crippen molar-refractivity contribution >= 4 is 11.5 Å². The zero-order valence-corrected chi connectivity index (χ0v) is 21.1. The number of aromatic nitrogens is 1. The van der Waals surface area contributed by atoms with E-state index in [1.54, 1.807) is 6.20 Å². The fourth-order valence-corrected chi connectivity index (χ4v) is 5.14. The van der Waals surface area contributed by atoms with E-state index in [9.17, 15) is 13.6 Å². The molecular formula is C28H34F2N2O5. The van der Waals surface area contributed by atoms with Crippen LogP contribution in [-0.4, -0.2) is 73.0 Å². The van der Waals surface area contributed by atoms with Crippen LogP contribution < -0.4 is 4.74 Å². The number of unbranched alkanes of at least 4 members (excludes halogenated alkanes) is 1. The molecule has 0 saturated carbocycles. The SMILES string of the molecule is C[C@@H]1CC2=C(Cc3ccccc32)[C@@H](c2ccc(OCCOCCCCOCC(=O)O)cn2)N1CC(F)F. The number of halogens is 2. The fourth-order valence-electron chi connectivity index (χ4n) is 5.14. The number of carboxylic acids is 1. The molecular weight excluding hydrogens is 482 g/mol. The van der Waals surface area contributed by atoms with E-state index >= 15 is 0 Å². The number of ether oxygens (including phenoxy) is 3. The van der Waals surface area contributed by atoms with Crippen molar-refractivity contribution in [2.24, 2.45) is 0 Å². The predicted octanol–water partition coefficient (Wildman–Crippen LogP) is 4.77. The van der Waals surface area contributed by atoms with Crippen LogP contribution >= 0.6 is 0 Å². The second-order valence-corrected chi connectivity index (χ2v) is 9.41. The van der Waals surface area contributed by atoms with Gasteiger partial charge in [0.05, 0.1) is 31.1 Å². The number of rotatable bonds is 14. The lowest BCUT2D eigenvalue weighted by Gasteiger charge is -2.41. The van der Waals surface area contributed by atoms with E-state index in [2.05, 4.69) is 17.1 Å². The third-order valence-electron chi connectivity index (χ3n) is 6.78. The number of carboxylic acid groups (broad SMARTS) is 1. The van der Waals surface area contributed by atoms with Crippen LogP contribution in [-0.2, 0) is 20.7 Å². The Kier molecular flexibility index (Phi) is 9.60. The maximum absolute atomic E-state index is 13.5. The number of alkyl halides is 2. The summed E-state index contributed by atoms with van der Waals surface area (Å²) in [6, 6.07) is 11.7. The molecule has 0 amide bonds. The Morgan fingerprint density at radius 2 is 1.89 bits per heavy atom. The first-order valence-electron chi connectivity index (χ1n) is 12.7. The Morgan fingerprint density at radius 3 is 2.62 bits per heavy atom. The molecule has 0 fully saturated rings. The zero-order valence-electron chi connectivity index (χ0n) is 21.1. The van der Waals surface area contributed by atoms with Crippen LogP contribution in [0.4, 0.5) is 8.78 Å². The molecule has 1 aliphatic carbocycles. The molecule has 200 valence electrons. The molecule has 0 radical (unpaired) electrons. The molecule has 37 heavy (non-hydrogen) atoms. The molecule has 1 aromatic carbocycles. The van der Waals surface area contributed by atoms with Crippen LogP contribution in [0.1, 0.15) is 49.0 Å². The highest BCUT2D eigenvalue weighted by atomic mass is 19.3. The maximum Gasteiger partial charge on any atom is 0.329 e. The summed E-state index contributed by atoms with van der Waals surface area (Å²) < 4.78 is 43.4. The molecule has 2 atom stereocenters. The van der Waals surface area contributed by atoms with Crippen LogP contribution in [0.3, 0.4) is 0 Å². The summed E-state index contributed by atoms with van der Waals surface area (Å²) in [6.07, 6.45) is 2.24. The number of hydrogen-bond donors (Lipinski definition) is 1. The summed E-state index contributed by atoms with van der Waals surface area (Å²) in [7, 11) is 0. The number of fused-ring (bicyclic) bond motifs is 2. The quantitative estimate of drug-likeness (QED) is 0.362. The lowest BCUT2D eigenvalue weighted by Crippen LogP contribution is -2.43. The molecule has 0 saturated heterocycles. The van der Waals surface area contributed by atoms with Gasteiger partial charge in [-0.1, -0.05) is 24.3 Å². The molecule has 2 aliphatic rings. The number of nitrogens with zero attached hydrogens (tertiary/aromatic N) is 2. The van der Waals surface area contributed by atoms with Gasteiger partial charge in [-0.2, -0.15) is 0 Å². The third-order valence-corrected chi connectivity index (χ3v) is 6.78. The van der Waals surface area contributed by atoms with Gasteiger partial charge in [-0.25, -0.2) is 13.6 Å². The van der Waals surface area contributed by atoms with Gasteiger partial charge in [-0.05, 0) is 67.0 Å². The molecule has 9 heteroatoms. The molecule has 2 aromatic rings. The highest BCUT2D eigenvalue weighted by Gasteiger charge is 2.40. The number of carbonyl (C=O) groups is 1. The van der Waals surface area contributed by atoms with Crippen LogP contribution in [0.15, 0.2) is 48.2 Å². The summed E-state index contributed by atoms with van der Waals surface area (Å²) in [4.78, 5) is 16.9. The molecule has 1 aliphatic heterocycles. The van der Waals surface area contributed by atoms with E-state index in [-0.39, 0.29) is 25.2 Å². The van der Waals surface area contributed by atoms with Crippen LogP contribution in [0.25, 0.3) is 5.57 Å². The highest BCUT2D eigenvalue weighted by molar-refractivity contribution is 5.78. The Morgan fingerprint density at radius 1 is 1.11 bits per heavy atom. The molecule has 0 bridgehead atoms. The smallest absolute Gasteiger partial charge is 0.329 e. The van der Waals surface area contributed by atoms with E-state index in [4.69, 9.17) is 19.3 Å². The first-order valence-corrected chi connectivity index (χ1v) is 12.7. The van der Waals surface area contributed by atoms with Crippen molar-refractivity contribution < 1.29 is 32.9 Å². The summed E-state index contributed by atoms with van der Waals surface area (Å²) in [6.45, 7) is 3.15. The molecule has 0 spiro atoms. The predicted molar refractivity (Wildman–Crippen MR) is 135 cm³/mol. The molecule has 1 aromatic heterocycles.